The number of rotatable bonds is 4. The number of aromatic nitrogens is 1. The summed E-state index contributed by atoms with van der Waals surface area (Å²) < 4.78 is 63.4. The smallest absolute Gasteiger partial charge is 0.285 e. The maximum absolute atomic E-state index is 12.0. The van der Waals surface area contributed by atoms with E-state index in [1.807, 2.05) is 6.92 Å². The molecule has 0 atom stereocenters. The molecule has 2 rings (SSSR count). The van der Waals surface area contributed by atoms with E-state index in [4.69, 9.17) is 30.1 Å². The minimum atomic E-state index is -4.94. The molecule has 0 saturated heterocycles. The minimum Gasteiger partial charge on any atom is -0.369 e. The lowest BCUT2D eigenvalue weighted by Gasteiger charge is -2.17. The van der Waals surface area contributed by atoms with E-state index in [1.165, 1.54) is 17.7 Å². The molecule has 0 amide bonds. The molecule has 0 radical (unpaired) electrons. The van der Waals surface area contributed by atoms with Crippen LogP contribution < -0.4 is 34.7 Å². The van der Waals surface area contributed by atoms with Gasteiger partial charge in [-0.15, -0.1) is 14.6 Å². The normalized spacial score (nSPS) is 11.6. The van der Waals surface area contributed by atoms with Crippen LogP contribution in [0.1, 0.15) is 36.7 Å². The van der Waals surface area contributed by atoms with Crippen LogP contribution in [0.25, 0.3) is 5.69 Å². The monoisotopic (exact) mass is 446 g/mol. The molecule has 1 heterocycles. The standard InChI is InChI=1S/C17H23N4O2S.ClHO4/c1-11(2)16-10-12(3)9-13(4)21(16)14-5-7-15(8-6-14)24(22,23)20-17(18)19;2-1(3,4)5/h5-11H,1-4H3,(H4,18,19,20);(H,2,3,4,5)/q+1;/p-1. The maximum atomic E-state index is 12.0. The van der Waals surface area contributed by atoms with E-state index in [1.54, 1.807) is 12.1 Å². The fourth-order valence-corrected chi connectivity index (χ4v) is 3.54. The molecule has 0 unspecified atom stereocenters. The molecule has 0 fully saturated rings. The van der Waals surface area contributed by atoms with Crippen molar-refractivity contribution in [2.24, 2.45) is 15.9 Å². The molecule has 0 spiro atoms. The molecule has 10 nitrogen and oxygen atoms in total. The SMILES string of the molecule is Cc1cc(C)[n+](-c2ccc(S(=O)(=O)N=C(N)N)cc2)c(C(C)C)c1.[O-][Cl+3]([O-])([O-])[O-]. The number of nitrogens with two attached hydrogens (primary N) is 2. The quantitative estimate of drug-likeness (QED) is 0.280. The van der Waals surface area contributed by atoms with Gasteiger partial charge in [-0.2, -0.15) is 13.0 Å². The zero-order chi connectivity index (χ0) is 22.6. The Morgan fingerprint density at radius 1 is 1.03 bits per heavy atom. The van der Waals surface area contributed by atoms with Crippen LogP contribution >= 0.6 is 0 Å². The van der Waals surface area contributed by atoms with Gasteiger partial charge in [0.05, 0.1) is 4.90 Å². The molecule has 12 heteroatoms. The van der Waals surface area contributed by atoms with Crippen LogP contribution in [0.2, 0.25) is 0 Å². The summed E-state index contributed by atoms with van der Waals surface area (Å²) in [5.41, 5.74) is 14.7. The Balaban J connectivity index is 0.000000749. The van der Waals surface area contributed by atoms with Gasteiger partial charge in [-0.05, 0) is 24.6 Å². The van der Waals surface area contributed by atoms with Crippen molar-refractivity contribution in [3.05, 3.63) is 53.3 Å². The highest BCUT2D eigenvalue weighted by atomic mass is 35.7. The van der Waals surface area contributed by atoms with Crippen molar-refractivity contribution in [1.82, 2.24) is 0 Å². The summed E-state index contributed by atoms with van der Waals surface area (Å²) in [6.45, 7) is 8.35. The number of hydrogen-bond donors (Lipinski definition) is 2. The van der Waals surface area contributed by atoms with E-state index in [9.17, 15) is 8.42 Å². The Hall–Kier alpha value is -2.28. The molecule has 2 aromatic rings. The Morgan fingerprint density at radius 2 is 1.52 bits per heavy atom. The van der Waals surface area contributed by atoms with Crippen LogP contribution in [-0.4, -0.2) is 14.4 Å². The van der Waals surface area contributed by atoms with Crippen molar-refractivity contribution in [3.63, 3.8) is 0 Å². The molecule has 160 valence electrons. The minimum absolute atomic E-state index is 0.0520. The van der Waals surface area contributed by atoms with E-state index in [0.717, 1.165) is 17.1 Å². The Kier molecular flexibility index (Phi) is 8.09. The molecule has 29 heavy (non-hydrogen) atoms. The Labute approximate surface area is 171 Å². The molecule has 0 aliphatic rings. The largest absolute Gasteiger partial charge is 0.369 e. The summed E-state index contributed by atoms with van der Waals surface area (Å²) >= 11 is 0. The van der Waals surface area contributed by atoms with Gasteiger partial charge < -0.3 is 11.5 Å². The lowest BCUT2D eigenvalue weighted by molar-refractivity contribution is -2.00. The predicted octanol–water partition coefficient (Wildman–Crippen LogP) is -3.09. The van der Waals surface area contributed by atoms with Gasteiger partial charge in [0.2, 0.25) is 11.6 Å². The summed E-state index contributed by atoms with van der Waals surface area (Å²) in [6.07, 6.45) is 0. The number of guanidine groups is 1. The van der Waals surface area contributed by atoms with Gasteiger partial charge in [0.25, 0.3) is 10.0 Å². The number of aryl methyl sites for hydroxylation is 2. The van der Waals surface area contributed by atoms with Crippen LogP contribution in [0.15, 0.2) is 45.7 Å². The highest BCUT2D eigenvalue weighted by Gasteiger charge is 2.22. The number of benzene rings is 1. The molecule has 0 bridgehead atoms. The third kappa shape index (κ3) is 7.93. The molecule has 4 N–H and O–H groups in total. The number of sulfonamides is 1. The van der Waals surface area contributed by atoms with Crippen molar-refractivity contribution < 1.29 is 41.9 Å². The average Bonchev–Trinajstić information content (AvgIpc) is 2.51. The fraction of sp³-hybridized carbons (Fsp3) is 0.294. The first-order chi connectivity index (χ1) is 13.1. The second-order valence-electron chi connectivity index (χ2n) is 6.45. The van der Waals surface area contributed by atoms with Gasteiger partial charge in [-0.3, -0.25) is 0 Å². The molecule has 0 saturated carbocycles. The maximum Gasteiger partial charge on any atom is 0.285 e. The second kappa shape index (κ2) is 9.48. The van der Waals surface area contributed by atoms with Gasteiger partial charge in [0.1, 0.15) is 0 Å². The predicted molar refractivity (Wildman–Crippen MR) is 94.5 cm³/mol. The van der Waals surface area contributed by atoms with Gasteiger partial charge in [-0.25, -0.2) is 18.6 Å². The zero-order valence-corrected chi connectivity index (χ0v) is 17.9. The molecular weight excluding hydrogens is 424 g/mol. The molecular formula is C17H23ClN4O6S. The number of hydrogen-bond acceptors (Lipinski definition) is 6. The van der Waals surface area contributed by atoms with Crippen LogP contribution in [0.5, 0.6) is 0 Å². The summed E-state index contributed by atoms with van der Waals surface area (Å²) in [5.74, 6) is -0.154. The number of pyridine rings is 1. The van der Waals surface area contributed by atoms with Crippen molar-refractivity contribution in [1.29, 1.82) is 0 Å². The van der Waals surface area contributed by atoms with Gasteiger partial charge in [0, 0.05) is 37.1 Å². The van der Waals surface area contributed by atoms with Crippen molar-refractivity contribution in [3.8, 4) is 5.69 Å². The lowest BCUT2D eigenvalue weighted by atomic mass is 10.1. The zero-order valence-electron chi connectivity index (χ0n) is 16.3. The fourth-order valence-electron chi connectivity index (χ4n) is 2.67. The van der Waals surface area contributed by atoms with E-state index >= 15 is 0 Å². The molecule has 0 aliphatic carbocycles. The summed E-state index contributed by atoms with van der Waals surface area (Å²) in [7, 11) is -8.82. The van der Waals surface area contributed by atoms with Crippen LogP contribution in [0.4, 0.5) is 0 Å². The Morgan fingerprint density at radius 3 is 1.93 bits per heavy atom. The van der Waals surface area contributed by atoms with Crippen LogP contribution in [0, 0.1) is 24.1 Å². The van der Waals surface area contributed by atoms with Crippen LogP contribution in [-0.2, 0) is 10.0 Å². The topological polar surface area (TPSA) is 195 Å². The molecule has 1 aromatic heterocycles. The average molecular weight is 447 g/mol. The van der Waals surface area contributed by atoms with E-state index < -0.39 is 26.2 Å². The van der Waals surface area contributed by atoms with Crippen molar-refractivity contribution >= 4 is 16.0 Å². The first-order valence-electron chi connectivity index (χ1n) is 8.23. The summed E-state index contributed by atoms with van der Waals surface area (Å²) in [5, 5.41) is 0. The Bertz CT molecular complexity index is 976. The second-order valence-corrected chi connectivity index (χ2v) is 8.81. The highest BCUT2D eigenvalue weighted by molar-refractivity contribution is 7.90. The van der Waals surface area contributed by atoms with Gasteiger partial charge >= 0.3 is 0 Å². The van der Waals surface area contributed by atoms with Crippen molar-refractivity contribution in [2.45, 2.75) is 38.5 Å². The third-order valence-corrected chi connectivity index (χ3v) is 4.95. The molecule has 0 aliphatic heterocycles. The summed E-state index contributed by atoms with van der Waals surface area (Å²) in [6, 6.07) is 10.8. The number of halogens is 1. The highest BCUT2D eigenvalue weighted by Crippen LogP contribution is 2.18. The van der Waals surface area contributed by atoms with Gasteiger partial charge in [-0.1, -0.05) is 13.8 Å². The molecule has 1 aromatic carbocycles. The van der Waals surface area contributed by atoms with E-state index in [2.05, 4.69) is 41.9 Å². The van der Waals surface area contributed by atoms with E-state index in [0.29, 0.717) is 5.92 Å². The van der Waals surface area contributed by atoms with Crippen molar-refractivity contribution in [2.75, 3.05) is 0 Å². The lowest BCUT2D eigenvalue weighted by Crippen LogP contribution is -2.68. The first kappa shape index (κ1) is 24.8. The summed E-state index contributed by atoms with van der Waals surface area (Å²) in [4.78, 5) is 0.0520. The van der Waals surface area contributed by atoms with Crippen LogP contribution in [0.3, 0.4) is 0 Å². The first-order valence-corrected chi connectivity index (χ1v) is 10.9. The van der Waals surface area contributed by atoms with E-state index in [-0.39, 0.29) is 4.90 Å². The third-order valence-electron chi connectivity index (χ3n) is 3.63. The van der Waals surface area contributed by atoms with Gasteiger partial charge in [0.15, 0.2) is 11.4 Å². The number of nitrogens with zero attached hydrogens (tertiary/aromatic N) is 2.